The van der Waals surface area contributed by atoms with Gasteiger partial charge in [-0.05, 0) is 0 Å². The lowest BCUT2D eigenvalue weighted by Crippen LogP contribution is -2.09. The van der Waals surface area contributed by atoms with E-state index in [1.165, 1.54) is 4.57 Å². The zero-order valence-corrected chi connectivity index (χ0v) is 8.33. The first kappa shape index (κ1) is 10.2. The summed E-state index contributed by atoms with van der Waals surface area (Å²) < 4.78 is 6.40. The van der Waals surface area contributed by atoms with E-state index in [-0.39, 0.29) is 11.1 Å². The van der Waals surface area contributed by atoms with Crippen LogP contribution in [0.25, 0.3) is 0 Å². The molecule has 1 aromatic rings. The molecule has 0 fully saturated rings. The van der Waals surface area contributed by atoms with Gasteiger partial charge in [0.1, 0.15) is 5.76 Å². The van der Waals surface area contributed by atoms with E-state index in [2.05, 4.69) is 0 Å². The molecule has 3 nitrogen and oxygen atoms in total. The normalized spacial score (nSPS) is 15.6. The van der Waals surface area contributed by atoms with Gasteiger partial charge in [0, 0.05) is 19.7 Å². The van der Waals surface area contributed by atoms with Crippen LogP contribution in [0.2, 0.25) is 5.31 Å². The SMILES string of the molecule is [B]C(C)(CC)Cc1cn(C)c(=O)o1. The maximum atomic E-state index is 11.0. The zero-order chi connectivity index (χ0) is 10.1. The lowest BCUT2D eigenvalue weighted by atomic mass is 9.66. The van der Waals surface area contributed by atoms with Gasteiger partial charge in [-0.15, -0.1) is 0 Å². The molecule has 0 spiro atoms. The average Bonchev–Trinajstić information content (AvgIpc) is 2.30. The first-order chi connectivity index (χ1) is 5.94. The van der Waals surface area contributed by atoms with Crippen molar-refractivity contribution < 1.29 is 4.42 Å². The summed E-state index contributed by atoms with van der Waals surface area (Å²) in [6, 6.07) is 0. The topological polar surface area (TPSA) is 35.1 Å². The van der Waals surface area contributed by atoms with E-state index in [1.807, 2.05) is 13.8 Å². The summed E-state index contributed by atoms with van der Waals surface area (Å²) in [5.74, 6) is 0.321. The van der Waals surface area contributed by atoms with E-state index in [1.54, 1.807) is 13.2 Å². The summed E-state index contributed by atoms with van der Waals surface area (Å²) in [6.45, 7) is 3.96. The molecule has 0 saturated heterocycles. The van der Waals surface area contributed by atoms with Gasteiger partial charge in [0.2, 0.25) is 0 Å². The molecule has 1 atom stereocenters. The van der Waals surface area contributed by atoms with Crippen LogP contribution in [0, 0.1) is 0 Å². The number of nitrogens with zero attached hydrogens (tertiary/aromatic N) is 1. The van der Waals surface area contributed by atoms with Crippen molar-refractivity contribution in [3.8, 4) is 0 Å². The molecule has 0 aliphatic rings. The van der Waals surface area contributed by atoms with Gasteiger partial charge >= 0.3 is 5.76 Å². The average molecular weight is 179 g/mol. The highest BCUT2D eigenvalue weighted by atomic mass is 16.4. The van der Waals surface area contributed by atoms with Gasteiger partial charge in [0.15, 0.2) is 0 Å². The fraction of sp³-hybridized carbons (Fsp3) is 0.667. The summed E-state index contributed by atoms with van der Waals surface area (Å²) in [4.78, 5) is 11.0. The van der Waals surface area contributed by atoms with Crippen LogP contribution in [0.4, 0.5) is 0 Å². The molecule has 70 valence electrons. The van der Waals surface area contributed by atoms with Crippen LogP contribution < -0.4 is 5.76 Å². The number of aryl methyl sites for hydroxylation is 1. The third-order valence-electron chi connectivity index (χ3n) is 2.23. The summed E-state index contributed by atoms with van der Waals surface area (Å²) >= 11 is 0. The minimum absolute atomic E-state index is 0.294. The van der Waals surface area contributed by atoms with Crippen molar-refractivity contribution in [2.75, 3.05) is 0 Å². The standard InChI is InChI=1S/C9H14BNO2/c1-4-9(2,10)5-7-6-11(3)8(12)13-7/h6H,4-5H2,1-3H3. The number of hydrogen-bond acceptors (Lipinski definition) is 2. The van der Waals surface area contributed by atoms with E-state index in [0.717, 1.165) is 6.42 Å². The maximum absolute atomic E-state index is 11.0. The predicted molar refractivity (Wildman–Crippen MR) is 52.1 cm³/mol. The van der Waals surface area contributed by atoms with Gasteiger partial charge in [-0.3, -0.25) is 4.57 Å². The molecular formula is C9H14BNO2. The van der Waals surface area contributed by atoms with Gasteiger partial charge in [0.25, 0.3) is 0 Å². The molecule has 0 amide bonds. The van der Waals surface area contributed by atoms with E-state index in [4.69, 9.17) is 12.3 Å². The highest BCUT2D eigenvalue weighted by Crippen LogP contribution is 2.29. The maximum Gasteiger partial charge on any atom is 0.418 e. The first-order valence-electron chi connectivity index (χ1n) is 4.39. The van der Waals surface area contributed by atoms with Crippen molar-refractivity contribution in [3.05, 3.63) is 22.5 Å². The van der Waals surface area contributed by atoms with Crippen molar-refractivity contribution in [3.63, 3.8) is 0 Å². The molecule has 1 heterocycles. The summed E-state index contributed by atoms with van der Waals surface area (Å²) in [7, 11) is 7.60. The lowest BCUT2D eigenvalue weighted by Gasteiger charge is -2.20. The van der Waals surface area contributed by atoms with Crippen LogP contribution in [-0.4, -0.2) is 12.4 Å². The molecular weight excluding hydrogens is 165 g/mol. The van der Waals surface area contributed by atoms with Gasteiger partial charge < -0.3 is 4.42 Å². The molecule has 4 heteroatoms. The summed E-state index contributed by atoms with van der Waals surface area (Å²) in [6.07, 6.45) is 3.13. The number of hydrogen-bond donors (Lipinski definition) is 0. The van der Waals surface area contributed by atoms with Crippen molar-refractivity contribution in [2.24, 2.45) is 7.05 Å². The third kappa shape index (κ3) is 2.51. The Balaban J connectivity index is 2.81. The van der Waals surface area contributed by atoms with Crippen LogP contribution in [0.5, 0.6) is 0 Å². The largest absolute Gasteiger partial charge is 0.418 e. The smallest absolute Gasteiger partial charge is 0.413 e. The first-order valence-corrected chi connectivity index (χ1v) is 4.39. The van der Waals surface area contributed by atoms with E-state index < -0.39 is 0 Å². The Morgan fingerprint density at radius 1 is 1.69 bits per heavy atom. The minimum Gasteiger partial charge on any atom is -0.413 e. The molecule has 0 aliphatic carbocycles. The number of aromatic nitrogens is 1. The van der Waals surface area contributed by atoms with Crippen LogP contribution in [-0.2, 0) is 13.5 Å². The Bertz CT molecular complexity index is 338. The van der Waals surface area contributed by atoms with Gasteiger partial charge in [-0.25, -0.2) is 4.79 Å². The Labute approximate surface area is 79.2 Å². The van der Waals surface area contributed by atoms with Crippen LogP contribution in [0.3, 0.4) is 0 Å². The molecule has 0 aliphatic heterocycles. The molecule has 1 aromatic heterocycles. The van der Waals surface area contributed by atoms with Crippen molar-refractivity contribution in [1.29, 1.82) is 0 Å². The molecule has 1 rings (SSSR count). The van der Waals surface area contributed by atoms with Crippen molar-refractivity contribution >= 4 is 7.85 Å². The zero-order valence-electron chi connectivity index (χ0n) is 8.33. The minimum atomic E-state index is -0.332. The van der Waals surface area contributed by atoms with Crippen LogP contribution >= 0.6 is 0 Å². The monoisotopic (exact) mass is 179 g/mol. The van der Waals surface area contributed by atoms with Crippen molar-refractivity contribution in [1.82, 2.24) is 4.57 Å². The van der Waals surface area contributed by atoms with Crippen LogP contribution in [0.1, 0.15) is 26.0 Å². The fourth-order valence-electron chi connectivity index (χ4n) is 1.08. The second-order valence-corrected chi connectivity index (χ2v) is 3.76. The summed E-state index contributed by atoms with van der Waals surface area (Å²) in [5.41, 5.74) is 0. The molecule has 0 N–H and O–H groups in total. The van der Waals surface area contributed by atoms with E-state index in [0.29, 0.717) is 12.2 Å². The van der Waals surface area contributed by atoms with Gasteiger partial charge in [0.05, 0.1) is 7.85 Å². The summed E-state index contributed by atoms with van der Waals surface area (Å²) in [5, 5.41) is -0.294. The van der Waals surface area contributed by atoms with Gasteiger partial charge in [-0.2, -0.15) is 0 Å². The lowest BCUT2D eigenvalue weighted by molar-refractivity contribution is 0.427. The third-order valence-corrected chi connectivity index (χ3v) is 2.23. The second-order valence-electron chi connectivity index (χ2n) is 3.76. The number of rotatable bonds is 3. The molecule has 2 radical (unpaired) electrons. The molecule has 0 bridgehead atoms. The quantitative estimate of drug-likeness (QED) is 0.655. The highest BCUT2D eigenvalue weighted by molar-refractivity contribution is 6.14. The second kappa shape index (κ2) is 3.44. The fourth-order valence-corrected chi connectivity index (χ4v) is 1.08. The Morgan fingerprint density at radius 2 is 2.31 bits per heavy atom. The Kier molecular flexibility index (Phi) is 2.69. The Morgan fingerprint density at radius 3 is 2.69 bits per heavy atom. The molecule has 13 heavy (non-hydrogen) atoms. The highest BCUT2D eigenvalue weighted by Gasteiger charge is 2.18. The predicted octanol–water partition coefficient (Wildman–Crippen LogP) is 1.28. The van der Waals surface area contributed by atoms with Crippen LogP contribution in [0.15, 0.2) is 15.4 Å². The van der Waals surface area contributed by atoms with E-state index >= 15 is 0 Å². The van der Waals surface area contributed by atoms with Gasteiger partial charge in [-0.1, -0.05) is 25.6 Å². The van der Waals surface area contributed by atoms with Crippen molar-refractivity contribution in [2.45, 2.75) is 32.0 Å². The van der Waals surface area contributed by atoms with E-state index in [9.17, 15) is 4.79 Å². The molecule has 0 aromatic carbocycles. The Hall–Kier alpha value is -0.925. The molecule has 1 unspecified atom stereocenters. The number of oxazole rings is 1. The molecule has 0 saturated carbocycles.